The highest BCUT2D eigenvalue weighted by atomic mass is 16.5. The molecule has 3 rings (SSSR count). The van der Waals surface area contributed by atoms with Crippen LogP contribution in [0, 0.1) is 6.92 Å². The van der Waals surface area contributed by atoms with E-state index in [0.29, 0.717) is 13.2 Å². The molecule has 140 valence electrons. The van der Waals surface area contributed by atoms with E-state index in [9.17, 15) is 0 Å². The maximum absolute atomic E-state index is 5.12. The van der Waals surface area contributed by atoms with Crippen LogP contribution in [0.25, 0.3) is 0 Å². The fourth-order valence-corrected chi connectivity index (χ4v) is 3.03. The van der Waals surface area contributed by atoms with Crippen LogP contribution in [0.4, 0.5) is 0 Å². The number of fused-ring (bicyclic) bond motifs is 1. The number of hydrogen-bond donors (Lipinski definition) is 2. The van der Waals surface area contributed by atoms with E-state index >= 15 is 0 Å². The second-order valence-electron chi connectivity index (χ2n) is 6.40. The van der Waals surface area contributed by atoms with Crippen molar-refractivity contribution in [3.8, 4) is 0 Å². The number of aliphatic imine (C=N–C) groups is 1. The zero-order valence-corrected chi connectivity index (χ0v) is 15.7. The summed E-state index contributed by atoms with van der Waals surface area (Å²) in [4.78, 5) is 13.7. The van der Waals surface area contributed by atoms with E-state index in [1.165, 1.54) is 0 Å². The van der Waals surface area contributed by atoms with E-state index < -0.39 is 0 Å². The van der Waals surface area contributed by atoms with Gasteiger partial charge in [-0.05, 0) is 32.4 Å². The van der Waals surface area contributed by atoms with Crippen LogP contribution in [0.1, 0.15) is 36.4 Å². The Morgan fingerprint density at radius 1 is 1.38 bits per heavy atom. The molecule has 0 aromatic carbocycles. The standard InChI is InChI=1S/C18H27N7O/c1-4-19-18(20-10-14-7-5-6-13(2)21-14)22-15-8-9-17-23-16(12-26-3)24-25(17)11-15/h5-7,15H,4,8-12H2,1-3H3,(H2,19,20,22). The van der Waals surface area contributed by atoms with Crippen LogP contribution < -0.4 is 10.6 Å². The first-order valence-electron chi connectivity index (χ1n) is 9.07. The summed E-state index contributed by atoms with van der Waals surface area (Å²) in [7, 11) is 1.66. The van der Waals surface area contributed by atoms with Gasteiger partial charge in [0.25, 0.3) is 0 Å². The number of guanidine groups is 1. The zero-order valence-electron chi connectivity index (χ0n) is 15.7. The van der Waals surface area contributed by atoms with Crippen molar-refractivity contribution in [1.82, 2.24) is 30.4 Å². The van der Waals surface area contributed by atoms with E-state index in [0.717, 1.165) is 54.9 Å². The molecular formula is C18H27N7O. The number of methoxy groups -OCH3 is 1. The second-order valence-corrected chi connectivity index (χ2v) is 6.40. The lowest BCUT2D eigenvalue weighted by Crippen LogP contribution is -2.47. The number of nitrogens with one attached hydrogen (secondary N) is 2. The van der Waals surface area contributed by atoms with Crippen molar-refractivity contribution in [2.45, 2.75) is 52.4 Å². The number of rotatable bonds is 6. The van der Waals surface area contributed by atoms with E-state index in [1.807, 2.05) is 29.8 Å². The molecule has 8 heteroatoms. The minimum Gasteiger partial charge on any atom is -0.377 e. The van der Waals surface area contributed by atoms with Crippen molar-refractivity contribution >= 4 is 5.96 Å². The molecule has 0 spiro atoms. The van der Waals surface area contributed by atoms with Crippen molar-refractivity contribution in [2.24, 2.45) is 4.99 Å². The molecule has 0 bridgehead atoms. The molecule has 1 aliphatic rings. The number of ether oxygens (including phenoxy) is 1. The molecule has 0 fully saturated rings. The molecule has 0 radical (unpaired) electrons. The van der Waals surface area contributed by atoms with Crippen molar-refractivity contribution < 1.29 is 4.74 Å². The van der Waals surface area contributed by atoms with Gasteiger partial charge in [-0.25, -0.2) is 14.7 Å². The summed E-state index contributed by atoms with van der Waals surface area (Å²) in [6.07, 6.45) is 1.89. The Morgan fingerprint density at radius 2 is 2.27 bits per heavy atom. The Bertz CT molecular complexity index is 756. The Morgan fingerprint density at radius 3 is 3.04 bits per heavy atom. The first-order valence-corrected chi connectivity index (χ1v) is 9.07. The van der Waals surface area contributed by atoms with Gasteiger partial charge in [0.2, 0.25) is 0 Å². The molecular weight excluding hydrogens is 330 g/mol. The molecule has 8 nitrogen and oxygen atoms in total. The van der Waals surface area contributed by atoms with E-state index in [4.69, 9.17) is 4.74 Å². The Hall–Kier alpha value is -2.48. The molecule has 0 saturated heterocycles. The third-order valence-electron chi connectivity index (χ3n) is 4.21. The van der Waals surface area contributed by atoms with Gasteiger partial charge in [-0.15, -0.1) is 0 Å². The summed E-state index contributed by atoms with van der Waals surface area (Å²) in [6.45, 7) is 6.65. The minimum absolute atomic E-state index is 0.267. The van der Waals surface area contributed by atoms with Gasteiger partial charge in [0, 0.05) is 31.8 Å². The lowest BCUT2D eigenvalue weighted by molar-refractivity contribution is 0.177. The topological polar surface area (TPSA) is 89.2 Å². The van der Waals surface area contributed by atoms with E-state index in [-0.39, 0.29) is 6.04 Å². The number of pyridine rings is 1. The molecule has 3 heterocycles. The number of hydrogen-bond acceptors (Lipinski definition) is 5. The van der Waals surface area contributed by atoms with Crippen LogP contribution >= 0.6 is 0 Å². The second kappa shape index (κ2) is 8.75. The summed E-state index contributed by atoms with van der Waals surface area (Å²) in [5.74, 6) is 2.58. The smallest absolute Gasteiger partial charge is 0.191 e. The summed E-state index contributed by atoms with van der Waals surface area (Å²) in [5.41, 5.74) is 1.97. The highest BCUT2D eigenvalue weighted by Crippen LogP contribution is 2.13. The molecule has 2 aromatic heterocycles. The first-order chi connectivity index (χ1) is 12.7. The molecule has 1 atom stereocenters. The number of nitrogens with zero attached hydrogens (tertiary/aromatic N) is 5. The fourth-order valence-electron chi connectivity index (χ4n) is 3.03. The third kappa shape index (κ3) is 4.78. The number of aryl methyl sites for hydroxylation is 2. The summed E-state index contributed by atoms with van der Waals surface area (Å²) < 4.78 is 7.10. The maximum Gasteiger partial charge on any atom is 0.191 e. The molecule has 1 aliphatic heterocycles. The highest BCUT2D eigenvalue weighted by molar-refractivity contribution is 5.80. The Kier molecular flexibility index (Phi) is 6.17. The normalized spacial score (nSPS) is 17.0. The quantitative estimate of drug-likeness (QED) is 0.596. The molecule has 2 aromatic rings. The molecule has 0 amide bonds. The van der Waals surface area contributed by atoms with Crippen molar-refractivity contribution in [3.05, 3.63) is 41.2 Å². The van der Waals surface area contributed by atoms with Crippen molar-refractivity contribution in [2.75, 3.05) is 13.7 Å². The van der Waals surface area contributed by atoms with Crippen molar-refractivity contribution in [3.63, 3.8) is 0 Å². The molecule has 26 heavy (non-hydrogen) atoms. The van der Waals surface area contributed by atoms with Crippen LogP contribution in [0.15, 0.2) is 23.2 Å². The average Bonchev–Trinajstić information content (AvgIpc) is 3.02. The Labute approximate surface area is 154 Å². The zero-order chi connectivity index (χ0) is 18.4. The van der Waals surface area contributed by atoms with Gasteiger partial charge in [0.15, 0.2) is 11.8 Å². The summed E-state index contributed by atoms with van der Waals surface area (Å²) >= 11 is 0. The number of aromatic nitrogens is 4. The Balaban J connectivity index is 1.63. The van der Waals surface area contributed by atoms with E-state index in [2.05, 4.69) is 37.6 Å². The van der Waals surface area contributed by atoms with Crippen LogP contribution in [-0.2, 0) is 30.9 Å². The van der Waals surface area contributed by atoms with Crippen LogP contribution in [0.2, 0.25) is 0 Å². The van der Waals surface area contributed by atoms with Crippen molar-refractivity contribution in [1.29, 1.82) is 0 Å². The van der Waals surface area contributed by atoms with E-state index in [1.54, 1.807) is 7.11 Å². The van der Waals surface area contributed by atoms with Gasteiger partial charge in [-0.3, -0.25) is 4.98 Å². The summed E-state index contributed by atoms with van der Waals surface area (Å²) in [5, 5.41) is 11.3. The van der Waals surface area contributed by atoms with Gasteiger partial charge >= 0.3 is 0 Å². The lowest BCUT2D eigenvalue weighted by atomic mass is 10.1. The summed E-state index contributed by atoms with van der Waals surface area (Å²) in [6, 6.07) is 6.27. The monoisotopic (exact) mass is 357 g/mol. The SMILES string of the molecule is CCNC(=NCc1cccc(C)n1)NC1CCc2nc(COC)nn2C1. The molecule has 0 aliphatic carbocycles. The third-order valence-corrected chi connectivity index (χ3v) is 4.21. The van der Waals surface area contributed by atoms with Crippen LogP contribution in [0.5, 0.6) is 0 Å². The fraction of sp³-hybridized carbons (Fsp3) is 0.556. The minimum atomic E-state index is 0.267. The predicted molar refractivity (Wildman–Crippen MR) is 99.8 cm³/mol. The molecule has 2 N–H and O–H groups in total. The van der Waals surface area contributed by atoms with Gasteiger partial charge in [0.1, 0.15) is 12.4 Å². The molecule has 1 unspecified atom stereocenters. The first kappa shape index (κ1) is 18.3. The average molecular weight is 357 g/mol. The largest absolute Gasteiger partial charge is 0.377 e. The van der Waals surface area contributed by atoms with Crippen LogP contribution in [-0.4, -0.2) is 45.4 Å². The van der Waals surface area contributed by atoms with Crippen LogP contribution in [0.3, 0.4) is 0 Å². The van der Waals surface area contributed by atoms with Gasteiger partial charge in [0.05, 0.1) is 18.8 Å². The maximum atomic E-state index is 5.12. The highest BCUT2D eigenvalue weighted by Gasteiger charge is 2.22. The predicted octanol–water partition coefficient (Wildman–Crippen LogP) is 1.20. The molecule has 0 saturated carbocycles. The van der Waals surface area contributed by atoms with Gasteiger partial charge in [-0.1, -0.05) is 6.07 Å². The van der Waals surface area contributed by atoms with Gasteiger partial charge < -0.3 is 15.4 Å². The van der Waals surface area contributed by atoms with Gasteiger partial charge in [-0.2, -0.15) is 5.10 Å². The lowest BCUT2D eigenvalue weighted by Gasteiger charge is -2.25.